The zero-order valence-corrected chi connectivity index (χ0v) is 13.6. The maximum absolute atomic E-state index is 12.7. The number of nitrogens with zero attached hydrogens (tertiary/aromatic N) is 1. The van der Waals surface area contributed by atoms with Crippen LogP contribution in [0.3, 0.4) is 0 Å². The average Bonchev–Trinajstić information content (AvgIpc) is 2.82. The minimum atomic E-state index is -0.422. The number of ether oxygens (including phenoxy) is 1. The van der Waals surface area contributed by atoms with Gasteiger partial charge in [-0.1, -0.05) is 26.0 Å². The van der Waals surface area contributed by atoms with Crippen LogP contribution in [0.2, 0.25) is 0 Å². The summed E-state index contributed by atoms with van der Waals surface area (Å²) in [5.41, 5.74) is 2.21. The fourth-order valence-corrected chi connectivity index (χ4v) is 3.06. The summed E-state index contributed by atoms with van der Waals surface area (Å²) in [7, 11) is 1.60. The number of carbonyl (C=O) groups excluding carboxylic acids is 2. The summed E-state index contributed by atoms with van der Waals surface area (Å²) >= 11 is 0. The third-order valence-corrected chi connectivity index (χ3v) is 4.05. The van der Waals surface area contributed by atoms with Crippen molar-refractivity contribution < 1.29 is 14.3 Å². The summed E-state index contributed by atoms with van der Waals surface area (Å²) in [6, 6.07) is 6.71. The Morgan fingerprint density at radius 2 is 1.96 bits per heavy atom. The minimum absolute atomic E-state index is 0.0120. The molecule has 3 amide bonds. The van der Waals surface area contributed by atoms with E-state index in [1.807, 2.05) is 24.3 Å². The molecule has 2 heterocycles. The summed E-state index contributed by atoms with van der Waals surface area (Å²) in [6.07, 6.45) is 0. The van der Waals surface area contributed by atoms with Gasteiger partial charge in [0, 0.05) is 6.54 Å². The fourth-order valence-electron chi connectivity index (χ4n) is 3.06. The second-order valence-corrected chi connectivity index (χ2v) is 6.28. The van der Waals surface area contributed by atoms with Gasteiger partial charge in [-0.3, -0.25) is 4.79 Å². The highest BCUT2D eigenvalue weighted by atomic mass is 16.5. The van der Waals surface area contributed by atoms with E-state index in [1.165, 1.54) is 0 Å². The van der Waals surface area contributed by atoms with E-state index in [1.54, 1.807) is 12.0 Å². The van der Waals surface area contributed by atoms with Crippen molar-refractivity contribution in [3.05, 3.63) is 41.1 Å². The first kappa shape index (κ1) is 15.4. The molecule has 0 saturated heterocycles. The maximum atomic E-state index is 12.7. The summed E-state index contributed by atoms with van der Waals surface area (Å²) in [5, 5.41) is 5.63. The zero-order chi connectivity index (χ0) is 16.6. The predicted octanol–water partition coefficient (Wildman–Crippen LogP) is 1.80. The molecule has 0 fully saturated rings. The van der Waals surface area contributed by atoms with Crippen LogP contribution in [0, 0.1) is 5.92 Å². The van der Waals surface area contributed by atoms with Crippen LogP contribution >= 0.6 is 0 Å². The molecular formula is C17H21N3O3. The van der Waals surface area contributed by atoms with Crippen molar-refractivity contribution in [1.29, 1.82) is 0 Å². The predicted molar refractivity (Wildman–Crippen MR) is 85.8 cm³/mol. The van der Waals surface area contributed by atoms with E-state index in [0.717, 1.165) is 11.3 Å². The molecule has 2 aliphatic heterocycles. The van der Waals surface area contributed by atoms with E-state index in [9.17, 15) is 9.59 Å². The molecule has 122 valence electrons. The van der Waals surface area contributed by atoms with Crippen molar-refractivity contribution in [1.82, 2.24) is 15.5 Å². The van der Waals surface area contributed by atoms with Crippen LogP contribution in [0.1, 0.15) is 25.5 Å². The third-order valence-electron chi connectivity index (χ3n) is 4.05. The van der Waals surface area contributed by atoms with Crippen molar-refractivity contribution in [2.75, 3.05) is 20.2 Å². The molecule has 6 nitrogen and oxygen atoms in total. The summed E-state index contributed by atoms with van der Waals surface area (Å²) in [6.45, 7) is 5.29. The normalized spacial score (nSPS) is 20.5. The number of carbonyl (C=O) groups is 2. The van der Waals surface area contributed by atoms with Gasteiger partial charge in [-0.15, -0.1) is 0 Å². The first-order valence-electron chi connectivity index (χ1n) is 7.73. The van der Waals surface area contributed by atoms with E-state index in [0.29, 0.717) is 30.3 Å². The van der Waals surface area contributed by atoms with Crippen molar-refractivity contribution in [2.24, 2.45) is 5.92 Å². The van der Waals surface area contributed by atoms with Gasteiger partial charge in [-0.2, -0.15) is 0 Å². The number of rotatable bonds is 4. The SMILES string of the molecule is COc1ccc([C@@H]2NC(=O)NC3=C2C(=O)N(CC(C)C)C3)cc1. The molecule has 1 aromatic rings. The first-order valence-corrected chi connectivity index (χ1v) is 7.73. The molecule has 6 heteroatoms. The Balaban J connectivity index is 1.92. The van der Waals surface area contributed by atoms with Gasteiger partial charge in [0.1, 0.15) is 5.75 Å². The molecule has 2 N–H and O–H groups in total. The van der Waals surface area contributed by atoms with Gasteiger partial charge in [0.25, 0.3) is 5.91 Å². The summed E-state index contributed by atoms with van der Waals surface area (Å²) in [4.78, 5) is 26.5. The van der Waals surface area contributed by atoms with Crippen molar-refractivity contribution in [3.63, 3.8) is 0 Å². The summed E-state index contributed by atoms with van der Waals surface area (Å²) < 4.78 is 5.16. The third kappa shape index (κ3) is 2.88. The molecule has 0 aromatic heterocycles. The van der Waals surface area contributed by atoms with Gasteiger partial charge in [-0.05, 0) is 23.6 Å². The van der Waals surface area contributed by atoms with E-state index in [4.69, 9.17) is 4.74 Å². The van der Waals surface area contributed by atoms with Gasteiger partial charge in [0.2, 0.25) is 0 Å². The monoisotopic (exact) mass is 315 g/mol. The largest absolute Gasteiger partial charge is 0.497 e. The lowest BCUT2D eigenvalue weighted by molar-refractivity contribution is -0.126. The highest BCUT2D eigenvalue weighted by Gasteiger charge is 2.40. The molecule has 0 bridgehead atoms. The van der Waals surface area contributed by atoms with Crippen molar-refractivity contribution >= 4 is 11.9 Å². The standard InChI is InChI=1S/C17H21N3O3/c1-10(2)8-20-9-13-14(16(20)21)15(19-17(22)18-13)11-4-6-12(23-3)7-5-11/h4-7,10,15H,8-9H2,1-3H3,(H2,18,19,22)/t15-/m0/s1. The molecule has 0 unspecified atom stereocenters. The Labute approximate surface area is 135 Å². The molecule has 2 aliphatic rings. The van der Waals surface area contributed by atoms with Crippen LogP contribution in [0.5, 0.6) is 5.75 Å². The molecule has 1 atom stereocenters. The molecule has 1 aromatic carbocycles. The van der Waals surface area contributed by atoms with Crippen LogP contribution in [0.25, 0.3) is 0 Å². The molecule has 0 aliphatic carbocycles. The number of urea groups is 1. The number of methoxy groups -OCH3 is 1. The lowest BCUT2D eigenvalue weighted by Gasteiger charge is -2.25. The van der Waals surface area contributed by atoms with Crippen LogP contribution in [0.15, 0.2) is 35.5 Å². The van der Waals surface area contributed by atoms with Crippen LogP contribution < -0.4 is 15.4 Å². The quantitative estimate of drug-likeness (QED) is 0.890. The van der Waals surface area contributed by atoms with Crippen LogP contribution in [-0.2, 0) is 4.79 Å². The molecule has 0 spiro atoms. The number of hydrogen-bond acceptors (Lipinski definition) is 3. The van der Waals surface area contributed by atoms with E-state index < -0.39 is 6.04 Å². The number of benzene rings is 1. The van der Waals surface area contributed by atoms with Crippen molar-refractivity contribution in [3.8, 4) is 5.75 Å². The number of nitrogens with one attached hydrogen (secondary N) is 2. The van der Waals surface area contributed by atoms with Gasteiger partial charge >= 0.3 is 6.03 Å². The second-order valence-electron chi connectivity index (χ2n) is 6.28. The Morgan fingerprint density at radius 1 is 1.26 bits per heavy atom. The Hall–Kier alpha value is -2.50. The Bertz CT molecular complexity index is 664. The van der Waals surface area contributed by atoms with Gasteiger partial charge < -0.3 is 20.3 Å². The van der Waals surface area contributed by atoms with Gasteiger partial charge in [0.15, 0.2) is 0 Å². The average molecular weight is 315 g/mol. The molecule has 23 heavy (non-hydrogen) atoms. The van der Waals surface area contributed by atoms with Crippen LogP contribution in [-0.4, -0.2) is 37.0 Å². The number of hydrogen-bond donors (Lipinski definition) is 2. The first-order chi connectivity index (χ1) is 11.0. The molecule has 3 rings (SSSR count). The smallest absolute Gasteiger partial charge is 0.319 e. The highest BCUT2D eigenvalue weighted by Crippen LogP contribution is 2.33. The molecular weight excluding hydrogens is 294 g/mol. The maximum Gasteiger partial charge on any atom is 0.319 e. The van der Waals surface area contributed by atoms with Crippen molar-refractivity contribution in [2.45, 2.75) is 19.9 Å². The van der Waals surface area contributed by atoms with E-state index >= 15 is 0 Å². The summed E-state index contributed by atoms with van der Waals surface area (Å²) in [5.74, 6) is 1.10. The van der Waals surface area contributed by atoms with Gasteiger partial charge in [-0.25, -0.2) is 4.79 Å². The van der Waals surface area contributed by atoms with E-state index in [-0.39, 0.29) is 11.9 Å². The molecule has 0 radical (unpaired) electrons. The Morgan fingerprint density at radius 3 is 2.57 bits per heavy atom. The van der Waals surface area contributed by atoms with E-state index in [2.05, 4.69) is 24.5 Å². The van der Waals surface area contributed by atoms with Gasteiger partial charge in [0.05, 0.1) is 31.0 Å². The zero-order valence-electron chi connectivity index (χ0n) is 13.6. The Kier molecular flexibility index (Phi) is 3.98. The second kappa shape index (κ2) is 5.95. The number of amides is 3. The van der Waals surface area contributed by atoms with Crippen LogP contribution in [0.4, 0.5) is 4.79 Å². The fraction of sp³-hybridized carbons (Fsp3) is 0.412. The lowest BCUT2D eigenvalue weighted by Crippen LogP contribution is -2.44. The topological polar surface area (TPSA) is 70.7 Å². The minimum Gasteiger partial charge on any atom is -0.497 e. The highest BCUT2D eigenvalue weighted by molar-refractivity contribution is 6.01. The molecule has 0 saturated carbocycles. The lowest BCUT2D eigenvalue weighted by atomic mass is 9.96.